The van der Waals surface area contributed by atoms with E-state index in [9.17, 15) is 5.11 Å². The molecule has 0 saturated carbocycles. The lowest BCUT2D eigenvalue weighted by molar-refractivity contribution is -0.785. The SMILES string of the molecule is CC(C)[n+]1noc([O-])c1CNCc1ccc2c(c1)OCO2. The zero-order valence-electron chi connectivity index (χ0n) is 12.0. The summed E-state index contributed by atoms with van der Waals surface area (Å²) < 4.78 is 16.9. The highest BCUT2D eigenvalue weighted by Gasteiger charge is 2.20. The van der Waals surface area contributed by atoms with E-state index >= 15 is 0 Å². The van der Waals surface area contributed by atoms with Gasteiger partial charge in [-0.15, -0.1) is 0 Å². The van der Waals surface area contributed by atoms with Crippen molar-refractivity contribution in [2.24, 2.45) is 0 Å². The number of nitrogens with zero attached hydrogens (tertiary/aromatic N) is 2. The summed E-state index contributed by atoms with van der Waals surface area (Å²) in [7, 11) is 0. The first-order chi connectivity index (χ1) is 10.1. The second-order valence-corrected chi connectivity index (χ2v) is 5.14. The summed E-state index contributed by atoms with van der Waals surface area (Å²) in [5.74, 6) is 1.11. The average Bonchev–Trinajstić information content (AvgIpc) is 3.05. The molecule has 0 aliphatic carbocycles. The van der Waals surface area contributed by atoms with E-state index in [0.717, 1.165) is 17.1 Å². The zero-order valence-corrected chi connectivity index (χ0v) is 12.0. The fraction of sp³-hybridized carbons (Fsp3) is 0.429. The van der Waals surface area contributed by atoms with Crippen LogP contribution in [0.5, 0.6) is 17.4 Å². The molecular formula is C14H17N3O4. The molecule has 1 aliphatic rings. The van der Waals surface area contributed by atoms with Gasteiger partial charge in [0.2, 0.25) is 12.5 Å². The summed E-state index contributed by atoms with van der Waals surface area (Å²) in [6, 6.07) is 5.85. The first-order valence-corrected chi connectivity index (χ1v) is 6.82. The van der Waals surface area contributed by atoms with Gasteiger partial charge in [0, 0.05) is 6.54 Å². The fourth-order valence-corrected chi connectivity index (χ4v) is 2.21. The molecule has 2 aromatic rings. The molecule has 3 rings (SSSR count). The maximum atomic E-state index is 11.6. The molecule has 7 heteroatoms. The molecule has 0 saturated heterocycles. The van der Waals surface area contributed by atoms with Crippen molar-refractivity contribution in [3.8, 4) is 17.4 Å². The van der Waals surface area contributed by atoms with Crippen molar-refractivity contribution in [3.63, 3.8) is 0 Å². The largest absolute Gasteiger partial charge is 0.539 e. The minimum atomic E-state index is -0.401. The van der Waals surface area contributed by atoms with Gasteiger partial charge in [0.25, 0.3) is 0 Å². The van der Waals surface area contributed by atoms with Crippen LogP contribution in [0.2, 0.25) is 0 Å². The summed E-state index contributed by atoms with van der Waals surface area (Å²) in [5, 5.41) is 18.6. The van der Waals surface area contributed by atoms with Crippen LogP contribution in [-0.2, 0) is 13.1 Å². The topological polar surface area (TPSA) is 83.5 Å². The lowest BCUT2D eigenvalue weighted by Gasteiger charge is -2.05. The van der Waals surface area contributed by atoms with Crippen molar-refractivity contribution in [3.05, 3.63) is 29.5 Å². The molecule has 2 heterocycles. The molecule has 0 bridgehead atoms. The van der Waals surface area contributed by atoms with Crippen LogP contribution in [0.4, 0.5) is 0 Å². The predicted molar refractivity (Wildman–Crippen MR) is 69.6 cm³/mol. The second-order valence-electron chi connectivity index (χ2n) is 5.14. The maximum absolute atomic E-state index is 11.6. The number of hydrogen-bond acceptors (Lipinski definition) is 6. The van der Waals surface area contributed by atoms with Crippen LogP contribution in [0.1, 0.15) is 31.1 Å². The van der Waals surface area contributed by atoms with Gasteiger partial charge in [-0.1, -0.05) is 10.7 Å². The Bertz CT molecular complexity index is 639. The molecule has 0 amide bonds. The van der Waals surface area contributed by atoms with E-state index in [-0.39, 0.29) is 12.8 Å². The van der Waals surface area contributed by atoms with Gasteiger partial charge in [0.1, 0.15) is 0 Å². The Morgan fingerprint density at radius 2 is 2.10 bits per heavy atom. The van der Waals surface area contributed by atoms with Crippen LogP contribution >= 0.6 is 0 Å². The molecule has 112 valence electrons. The summed E-state index contributed by atoms with van der Waals surface area (Å²) in [6.45, 7) is 5.17. The number of ether oxygens (including phenoxy) is 2. The van der Waals surface area contributed by atoms with Crippen molar-refractivity contribution >= 4 is 0 Å². The summed E-state index contributed by atoms with van der Waals surface area (Å²) >= 11 is 0. The Labute approximate surface area is 122 Å². The number of nitrogens with one attached hydrogen (secondary N) is 1. The minimum absolute atomic E-state index is 0.0822. The Morgan fingerprint density at radius 3 is 2.90 bits per heavy atom. The van der Waals surface area contributed by atoms with Crippen molar-refractivity contribution in [1.29, 1.82) is 0 Å². The molecular weight excluding hydrogens is 274 g/mol. The molecule has 21 heavy (non-hydrogen) atoms. The fourth-order valence-electron chi connectivity index (χ4n) is 2.21. The van der Waals surface area contributed by atoms with Crippen molar-refractivity contribution < 1.29 is 23.8 Å². The average molecular weight is 291 g/mol. The zero-order chi connectivity index (χ0) is 14.8. The second kappa shape index (κ2) is 5.61. The lowest BCUT2D eigenvalue weighted by Crippen LogP contribution is -2.43. The molecule has 1 aliphatic heterocycles. The highest BCUT2D eigenvalue weighted by atomic mass is 16.7. The summed E-state index contributed by atoms with van der Waals surface area (Å²) in [6.07, 6.45) is 0. The normalized spacial score (nSPS) is 13.1. The van der Waals surface area contributed by atoms with Crippen LogP contribution in [0, 0.1) is 0 Å². The molecule has 1 aromatic heterocycles. The monoisotopic (exact) mass is 291 g/mol. The maximum Gasteiger partial charge on any atom is 0.247 e. The van der Waals surface area contributed by atoms with Gasteiger partial charge < -0.3 is 24.4 Å². The highest BCUT2D eigenvalue weighted by molar-refractivity contribution is 5.44. The van der Waals surface area contributed by atoms with Gasteiger partial charge in [-0.05, 0) is 31.5 Å². The molecule has 0 spiro atoms. The number of hydrogen-bond donors (Lipinski definition) is 1. The van der Waals surface area contributed by atoms with E-state index in [1.807, 2.05) is 32.0 Å². The van der Waals surface area contributed by atoms with Crippen molar-refractivity contribution in [1.82, 2.24) is 10.6 Å². The van der Waals surface area contributed by atoms with Crippen LogP contribution < -0.4 is 24.6 Å². The molecule has 0 unspecified atom stereocenters. The lowest BCUT2D eigenvalue weighted by atomic mass is 10.2. The Kier molecular flexibility index (Phi) is 3.66. The van der Waals surface area contributed by atoms with E-state index in [0.29, 0.717) is 18.8 Å². The Morgan fingerprint density at radius 1 is 1.29 bits per heavy atom. The van der Waals surface area contributed by atoms with E-state index in [2.05, 4.69) is 10.6 Å². The van der Waals surface area contributed by atoms with E-state index in [4.69, 9.17) is 14.0 Å². The first-order valence-electron chi connectivity index (χ1n) is 6.82. The third-order valence-electron chi connectivity index (χ3n) is 3.27. The van der Waals surface area contributed by atoms with Gasteiger partial charge in [-0.3, -0.25) is 0 Å². The number of rotatable bonds is 5. The third-order valence-corrected chi connectivity index (χ3v) is 3.27. The third kappa shape index (κ3) is 2.78. The quantitative estimate of drug-likeness (QED) is 0.814. The summed E-state index contributed by atoms with van der Waals surface area (Å²) in [5.41, 5.74) is 1.57. The molecule has 7 nitrogen and oxygen atoms in total. The smallest absolute Gasteiger partial charge is 0.247 e. The molecule has 0 atom stereocenters. The minimum Gasteiger partial charge on any atom is -0.539 e. The van der Waals surface area contributed by atoms with Gasteiger partial charge in [-0.25, -0.2) is 0 Å². The first kappa shape index (κ1) is 13.7. The van der Waals surface area contributed by atoms with Gasteiger partial charge >= 0.3 is 0 Å². The van der Waals surface area contributed by atoms with Crippen molar-refractivity contribution in [2.45, 2.75) is 33.0 Å². The van der Waals surface area contributed by atoms with E-state index < -0.39 is 5.95 Å². The molecule has 0 fully saturated rings. The predicted octanol–water partition coefficient (Wildman–Crippen LogP) is 0.635. The van der Waals surface area contributed by atoms with Gasteiger partial charge in [0.15, 0.2) is 23.5 Å². The highest BCUT2D eigenvalue weighted by Crippen LogP contribution is 2.32. The van der Waals surface area contributed by atoms with Crippen molar-refractivity contribution in [2.75, 3.05) is 6.79 Å². The van der Waals surface area contributed by atoms with Crippen LogP contribution in [0.3, 0.4) is 0 Å². The summed E-state index contributed by atoms with van der Waals surface area (Å²) in [4.78, 5) is 0. The Hall–Kier alpha value is -2.28. The Balaban J connectivity index is 1.63. The number of benzene rings is 1. The number of fused-ring (bicyclic) bond motifs is 1. The molecule has 0 radical (unpaired) electrons. The van der Waals surface area contributed by atoms with E-state index in [1.165, 1.54) is 0 Å². The van der Waals surface area contributed by atoms with Gasteiger partial charge in [0.05, 0.1) is 11.8 Å². The van der Waals surface area contributed by atoms with Crippen LogP contribution in [-0.4, -0.2) is 12.1 Å². The number of aromatic nitrogens is 2. The standard InChI is InChI=1S/C14H17N3O4/c1-9(2)17-11(14(18)21-16-17)7-15-6-10-3-4-12-13(5-10)20-8-19-12/h3-5,9,15H,6-8H2,1-2H3. The van der Waals surface area contributed by atoms with Crippen LogP contribution in [0.15, 0.2) is 22.7 Å². The molecule has 1 aromatic carbocycles. The van der Waals surface area contributed by atoms with Gasteiger partial charge in [-0.2, -0.15) is 0 Å². The molecule has 1 N–H and O–H groups in total. The van der Waals surface area contributed by atoms with Crippen LogP contribution in [0.25, 0.3) is 0 Å². The van der Waals surface area contributed by atoms with E-state index in [1.54, 1.807) is 4.68 Å².